The average Bonchev–Trinajstić information content (AvgIpc) is 3.09. The van der Waals surface area contributed by atoms with Crippen LogP contribution >= 0.6 is 0 Å². The highest BCUT2D eigenvalue weighted by Crippen LogP contribution is 2.69. The molecular weight excluding hydrogens is 480 g/mol. The maximum absolute atomic E-state index is 11.4. The largest absolute Gasteiger partial charge is 0.481 e. The molecule has 4 rings (SSSR count). The highest BCUT2D eigenvalue weighted by molar-refractivity contribution is 6.70. The molecule has 4 aliphatic carbocycles. The van der Waals surface area contributed by atoms with Gasteiger partial charge in [0.15, 0.2) is 16.6 Å². The van der Waals surface area contributed by atoms with Crippen molar-refractivity contribution in [3.8, 4) is 0 Å². The van der Waals surface area contributed by atoms with E-state index in [0.717, 1.165) is 30.1 Å². The third-order valence-corrected chi connectivity index (χ3v) is 13.3. The molecular formula is C30H56O4Si2. The van der Waals surface area contributed by atoms with E-state index in [2.05, 4.69) is 60.1 Å². The summed E-state index contributed by atoms with van der Waals surface area (Å²) in [6.45, 7) is 21.6. The normalized spacial score (nSPS) is 43.9. The molecule has 0 radical (unpaired) electrons. The molecule has 0 aromatic carbocycles. The van der Waals surface area contributed by atoms with E-state index in [9.17, 15) is 9.90 Å². The van der Waals surface area contributed by atoms with Crippen molar-refractivity contribution < 1.29 is 18.8 Å². The molecule has 208 valence electrons. The van der Waals surface area contributed by atoms with E-state index >= 15 is 0 Å². The van der Waals surface area contributed by atoms with E-state index in [1.165, 1.54) is 51.4 Å². The van der Waals surface area contributed by atoms with Crippen LogP contribution in [-0.2, 0) is 13.6 Å². The molecule has 0 aromatic rings. The van der Waals surface area contributed by atoms with Gasteiger partial charge >= 0.3 is 5.97 Å². The first kappa shape index (κ1) is 28.8. The minimum absolute atomic E-state index is 0.181. The topological polar surface area (TPSA) is 55.8 Å². The maximum atomic E-state index is 11.4. The van der Waals surface area contributed by atoms with Crippen LogP contribution in [0.25, 0.3) is 0 Å². The van der Waals surface area contributed by atoms with Gasteiger partial charge in [-0.3, -0.25) is 4.79 Å². The van der Waals surface area contributed by atoms with Gasteiger partial charge in [0.25, 0.3) is 0 Å². The predicted molar refractivity (Wildman–Crippen MR) is 153 cm³/mol. The van der Waals surface area contributed by atoms with E-state index in [4.69, 9.17) is 8.85 Å². The van der Waals surface area contributed by atoms with Gasteiger partial charge in [0.05, 0.1) is 6.10 Å². The van der Waals surface area contributed by atoms with Crippen molar-refractivity contribution in [3.63, 3.8) is 0 Å². The van der Waals surface area contributed by atoms with Crippen LogP contribution in [0.5, 0.6) is 0 Å². The predicted octanol–water partition coefficient (Wildman–Crippen LogP) is 8.20. The summed E-state index contributed by atoms with van der Waals surface area (Å²) in [6, 6.07) is 0. The quantitative estimate of drug-likeness (QED) is 0.318. The zero-order valence-corrected chi connectivity index (χ0v) is 26.9. The van der Waals surface area contributed by atoms with Gasteiger partial charge in [0, 0.05) is 12.5 Å². The van der Waals surface area contributed by atoms with Gasteiger partial charge in [-0.2, -0.15) is 0 Å². The summed E-state index contributed by atoms with van der Waals surface area (Å²) in [5.41, 5.74) is 0.596. The lowest BCUT2D eigenvalue weighted by molar-refractivity contribution is -0.169. The van der Waals surface area contributed by atoms with Crippen LogP contribution in [0.1, 0.15) is 85.0 Å². The Balaban J connectivity index is 1.60. The molecule has 6 heteroatoms. The number of carboxylic acid groups (broad SMARTS) is 1. The van der Waals surface area contributed by atoms with Crippen LogP contribution in [0, 0.1) is 46.3 Å². The fraction of sp³-hybridized carbons (Fsp3) is 0.967. The van der Waals surface area contributed by atoms with Gasteiger partial charge in [-0.05, 0) is 143 Å². The second-order valence-electron chi connectivity index (χ2n) is 15.7. The fourth-order valence-corrected chi connectivity index (χ4v) is 12.3. The van der Waals surface area contributed by atoms with Crippen molar-refractivity contribution in [3.05, 3.63) is 0 Å². The monoisotopic (exact) mass is 536 g/mol. The van der Waals surface area contributed by atoms with Gasteiger partial charge in [0.2, 0.25) is 0 Å². The van der Waals surface area contributed by atoms with E-state index in [-0.39, 0.29) is 5.41 Å². The van der Waals surface area contributed by atoms with E-state index < -0.39 is 22.6 Å². The third-order valence-electron chi connectivity index (χ3n) is 11.3. The zero-order valence-electron chi connectivity index (χ0n) is 24.9. The summed E-state index contributed by atoms with van der Waals surface area (Å²) >= 11 is 0. The number of carboxylic acids is 1. The Hall–Kier alpha value is -0.176. The van der Waals surface area contributed by atoms with Crippen molar-refractivity contribution >= 4 is 22.6 Å². The summed E-state index contributed by atoms with van der Waals surface area (Å²) in [7, 11) is -3.23. The molecule has 0 spiro atoms. The number of hydrogen-bond acceptors (Lipinski definition) is 3. The first-order chi connectivity index (χ1) is 16.5. The van der Waals surface area contributed by atoms with Crippen LogP contribution in [0.2, 0.25) is 39.3 Å². The second-order valence-corrected chi connectivity index (χ2v) is 24.6. The zero-order chi connectivity index (χ0) is 26.7. The molecule has 10 atom stereocenters. The van der Waals surface area contributed by atoms with Crippen molar-refractivity contribution in [2.75, 3.05) is 0 Å². The van der Waals surface area contributed by atoms with Crippen LogP contribution in [0.3, 0.4) is 0 Å². The molecule has 1 N–H and O–H groups in total. The molecule has 0 aliphatic heterocycles. The maximum Gasteiger partial charge on any atom is 0.303 e. The molecule has 4 nitrogen and oxygen atoms in total. The molecule has 0 bridgehead atoms. The van der Waals surface area contributed by atoms with Crippen molar-refractivity contribution in [1.29, 1.82) is 0 Å². The van der Waals surface area contributed by atoms with Gasteiger partial charge in [0.1, 0.15) is 0 Å². The third kappa shape index (κ3) is 5.58. The molecule has 36 heavy (non-hydrogen) atoms. The number of aliphatic carboxylic acids is 1. The Labute approximate surface area is 223 Å². The Morgan fingerprint density at radius 1 is 0.917 bits per heavy atom. The van der Waals surface area contributed by atoms with Crippen molar-refractivity contribution in [1.82, 2.24) is 0 Å². The molecule has 0 saturated heterocycles. The Morgan fingerprint density at radius 3 is 2.19 bits per heavy atom. The Bertz CT molecular complexity index is 804. The lowest BCUT2D eigenvalue weighted by atomic mass is 9.43. The first-order valence-corrected chi connectivity index (χ1v) is 21.9. The molecule has 4 fully saturated rings. The lowest BCUT2D eigenvalue weighted by Gasteiger charge is -2.64. The summed E-state index contributed by atoms with van der Waals surface area (Å²) < 4.78 is 13.8. The molecule has 10 unspecified atom stereocenters. The molecule has 0 heterocycles. The summed E-state index contributed by atoms with van der Waals surface area (Å²) in [5, 5.41) is 9.35. The Morgan fingerprint density at radius 2 is 1.58 bits per heavy atom. The van der Waals surface area contributed by atoms with Crippen molar-refractivity contribution in [2.24, 2.45) is 46.3 Å². The highest BCUT2D eigenvalue weighted by atomic mass is 28.4. The number of rotatable bonds is 8. The molecule has 4 aliphatic rings. The molecule has 0 amide bonds. The van der Waals surface area contributed by atoms with Gasteiger partial charge in [-0.25, -0.2) is 0 Å². The molecule has 0 aromatic heterocycles. The van der Waals surface area contributed by atoms with Crippen LogP contribution in [0.15, 0.2) is 0 Å². The number of hydrogen-bond donors (Lipinski definition) is 1. The van der Waals surface area contributed by atoms with E-state index in [1.807, 2.05) is 0 Å². The molecule has 4 saturated carbocycles. The number of fused-ring (bicyclic) bond motifs is 5. The van der Waals surface area contributed by atoms with Crippen molar-refractivity contribution in [2.45, 2.75) is 136 Å². The SMILES string of the molecule is CC(CCC(=O)O)C1CCC2C3CCC4CC(O[Si](C)(C)C)CCC4(C)C3CC(O[Si](C)(C)C)C12C. The standard InChI is InChI=1S/C30H56O4Si2/c1-20(10-15-28(31)32)24-13-14-25-23-12-11-21-18-22(33-35(4,5)6)16-17-29(21,2)26(23)19-27(30(24,25)3)34-36(7,8)9/h20-27H,10-19H2,1-9H3,(H,31,32). The summed E-state index contributed by atoms with van der Waals surface area (Å²) in [6.07, 6.45) is 12.2. The van der Waals surface area contributed by atoms with Gasteiger partial charge < -0.3 is 14.0 Å². The highest BCUT2D eigenvalue weighted by Gasteiger charge is 2.64. The van der Waals surface area contributed by atoms with Crippen LogP contribution < -0.4 is 0 Å². The van der Waals surface area contributed by atoms with Gasteiger partial charge in [-0.15, -0.1) is 0 Å². The fourth-order valence-electron chi connectivity index (χ4n) is 9.88. The number of carbonyl (C=O) groups is 1. The van der Waals surface area contributed by atoms with E-state index in [1.54, 1.807) is 0 Å². The minimum atomic E-state index is -1.72. The average molecular weight is 537 g/mol. The summed E-state index contributed by atoms with van der Waals surface area (Å²) in [5.74, 6) is 3.46. The smallest absolute Gasteiger partial charge is 0.303 e. The first-order valence-electron chi connectivity index (χ1n) is 15.1. The van der Waals surface area contributed by atoms with Crippen LogP contribution in [0.4, 0.5) is 0 Å². The summed E-state index contributed by atoms with van der Waals surface area (Å²) in [4.78, 5) is 11.4. The lowest BCUT2D eigenvalue weighted by Crippen LogP contribution is -2.60. The second kappa shape index (κ2) is 10.1. The van der Waals surface area contributed by atoms with E-state index in [0.29, 0.717) is 35.9 Å². The van der Waals surface area contributed by atoms with Crippen LogP contribution in [-0.4, -0.2) is 39.9 Å². The van der Waals surface area contributed by atoms with Gasteiger partial charge in [-0.1, -0.05) is 20.8 Å². The Kier molecular flexibility index (Phi) is 8.08. The minimum Gasteiger partial charge on any atom is -0.481 e.